The first-order valence-corrected chi connectivity index (χ1v) is 6.23. The molecule has 1 atom stereocenters. The van der Waals surface area contributed by atoms with Crippen molar-refractivity contribution in [3.05, 3.63) is 0 Å². The Kier molecular flexibility index (Phi) is 4.43. The molecular weight excluding hydrogens is 172 g/mol. The van der Waals surface area contributed by atoms with Crippen LogP contribution in [0.5, 0.6) is 0 Å². The van der Waals surface area contributed by atoms with Crippen LogP contribution in [-0.2, 0) is 0 Å². The van der Waals surface area contributed by atoms with Gasteiger partial charge in [0, 0.05) is 0 Å². The third-order valence-corrected chi connectivity index (χ3v) is 3.81. The van der Waals surface area contributed by atoms with Gasteiger partial charge in [-0.3, -0.25) is 0 Å². The monoisotopic (exact) mass is 198 g/mol. The van der Waals surface area contributed by atoms with Crippen molar-refractivity contribution >= 4 is 0 Å². The Balaban J connectivity index is 2.23. The van der Waals surface area contributed by atoms with E-state index >= 15 is 0 Å². The quantitative estimate of drug-likeness (QED) is 0.713. The fourth-order valence-electron chi connectivity index (χ4n) is 2.58. The van der Waals surface area contributed by atoms with Gasteiger partial charge in [0.1, 0.15) is 0 Å². The lowest BCUT2D eigenvalue weighted by atomic mass is 9.80. The molecule has 14 heavy (non-hydrogen) atoms. The molecule has 1 aliphatic carbocycles. The van der Waals surface area contributed by atoms with Crippen molar-refractivity contribution in [3.63, 3.8) is 0 Å². The predicted octanol–water partition coefficient (Wildman–Crippen LogP) is 3.75. The summed E-state index contributed by atoms with van der Waals surface area (Å²) in [5.41, 5.74) is 0.247. The van der Waals surface area contributed by atoms with Gasteiger partial charge in [0.15, 0.2) is 0 Å². The van der Waals surface area contributed by atoms with Gasteiger partial charge in [-0.1, -0.05) is 46.5 Å². The highest BCUT2D eigenvalue weighted by atomic mass is 16.3. The van der Waals surface area contributed by atoms with E-state index in [0.29, 0.717) is 0 Å². The third kappa shape index (κ3) is 3.27. The normalized spacial score (nSPS) is 22.9. The summed E-state index contributed by atoms with van der Waals surface area (Å²) in [7, 11) is 0. The lowest BCUT2D eigenvalue weighted by Crippen LogP contribution is -2.29. The molecule has 1 unspecified atom stereocenters. The van der Waals surface area contributed by atoms with Crippen LogP contribution >= 0.6 is 0 Å². The number of rotatable bonds is 5. The summed E-state index contributed by atoms with van der Waals surface area (Å²) in [6.07, 6.45) is 8.50. The van der Waals surface area contributed by atoms with Crippen LogP contribution in [0.3, 0.4) is 0 Å². The van der Waals surface area contributed by atoms with Gasteiger partial charge in [-0.25, -0.2) is 0 Å². The molecule has 0 spiro atoms. The van der Waals surface area contributed by atoms with Gasteiger partial charge < -0.3 is 5.11 Å². The zero-order valence-electron chi connectivity index (χ0n) is 10.1. The molecule has 0 aromatic carbocycles. The molecule has 1 rings (SSSR count). The van der Waals surface area contributed by atoms with Gasteiger partial charge in [-0.05, 0) is 30.6 Å². The molecule has 1 saturated carbocycles. The zero-order valence-corrected chi connectivity index (χ0v) is 10.1. The summed E-state index contributed by atoms with van der Waals surface area (Å²) in [5, 5.41) is 10.1. The molecule has 1 N–H and O–H groups in total. The van der Waals surface area contributed by atoms with Gasteiger partial charge in [0.05, 0.1) is 6.10 Å². The van der Waals surface area contributed by atoms with Gasteiger partial charge >= 0.3 is 0 Å². The summed E-state index contributed by atoms with van der Waals surface area (Å²) in [6.45, 7) is 6.77. The fraction of sp³-hybridized carbons (Fsp3) is 1.00. The molecule has 0 heterocycles. The Labute approximate surface area is 88.9 Å². The molecule has 0 radical (unpaired) electrons. The Morgan fingerprint density at radius 2 is 1.71 bits per heavy atom. The van der Waals surface area contributed by atoms with Crippen LogP contribution in [0.4, 0.5) is 0 Å². The van der Waals surface area contributed by atoms with Crippen LogP contribution in [0.25, 0.3) is 0 Å². The van der Waals surface area contributed by atoms with Crippen molar-refractivity contribution in [3.8, 4) is 0 Å². The highest BCUT2D eigenvalue weighted by Crippen LogP contribution is 2.41. The van der Waals surface area contributed by atoms with Crippen molar-refractivity contribution in [2.75, 3.05) is 0 Å². The summed E-state index contributed by atoms with van der Waals surface area (Å²) in [6, 6.07) is 0. The van der Waals surface area contributed by atoms with Crippen LogP contribution in [-0.4, -0.2) is 11.2 Å². The van der Waals surface area contributed by atoms with Crippen LogP contribution < -0.4 is 0 Å². The zero-order chi connectivity index (χ0) is 10.6. The molecule has 0 amide bonds. The molecule has 0 saturated heterocycles. The molecule has 1 heteroatoms. The van der Waals surface area contributed by atoms with E-state index in [1.165, 1.54) is 38.5 Å². The van der Waals surface area contributed by atoms with Gasteiger partial charge in [-0.15, -0.1) is 0 Å². The van der Waals surface area contributed by atoms with Gasteiger partial charge in [0.25, 0.3) is 0 Å². The SMILES string of the molecule is CC(C)CCCC(O)C1(C)CCCC1. The van der Waals surface area contributed by atoms with Crippen LogP contribution in [0.2, 0.25) is 0 Å². The maximum Gasteiger partial charge on any atom is 0.0593 e. The van der Waals surface area contributed by atoms with E-state index in [2.05, 4.69) is 20.8 Å². The first-order valence-electron chi connectivity index (χ1n) is 6.23. The maximum atomic E-state index is 10.1. The highest BCUT2D eigenvalue weighted by molar-refractivity contribution is 4.86. The molecule has 84 valence electrons. The summed E-state index contributed by atoms with van der Waals surface area (Å²) < 4.78 is 0. The van der Waals surface area contributed by atoms with Crippen LogP contribution in [0, 0.1) is 11.3 Å². The molecular formula is C13H26O. The molecule has 0 aliphatic heterocycles. The summed E-state index contributed by atoms with van der Waals surface area (Å²) >= 11 is 0. The lowest BCUT2D eigenvalue weighted by molar-refractivity contribution is 0.0325. The molecule has 1 nitrogen and oxygen atoms in total. The van der Waals surface area contributed by atoms with Gasteiger partial charge in [-0.2, -0.15) is 0 Å². The molecule has 1 fully saturated rings. The number of hydrogen-bond donors (Lipinski definition) is 1. The second-order valence-electron chi connectivity index (χ2n) is 5.70. The van der Waals surface area contributed by atoms with Crippen LogP contribution in [0.15, 0.2) is 0 Å². The topological polar surface area (TPSA) is 20.2 Å². The Morgan fingerprint density at radius 1 is 1.14 bits per heavy atom. The highest BCUT2D eigenvalue weighted by Gasteiger charge is 2.35. The van der Waals surface area contributed by atoms with E-state index in [4.69, 9.17) is 0 Å². The Morgan fingerprint density at radius 3 is 2.21 bits per heavy atom. The van der Waals surface area contributed by atoms with Crippen molar-refractivity contribution in [1.82, 2.24) is 0 Å². The van der Waals surface area contributed by atoms with Gasteiger partial charge in [0.2, 0.25) is 0 Å². The maximum absolute atomic E-state index is 10.1. The summed E-state index contributed by atoms with van der Waals surface area (Å²) in [5.74, 6) is 0.776. The lowest BCUT2D eigenvalue weighted by Gasteiger charge is -2.30. The van der Waals surface area contributed by atoms with E-state index in [-0.39, 0.29) is 11.5 Å². The van der Waals surface area contributed by atoms with Crippen molar-refractivity contribution < 1.29 is 5.11 Å². The van der Waals surface area contributed by atoms with E-state index in [0.717, 1.165) is 12.3 Å². The number of hydrogen-bond acceptors (Lipinski definition) is 1. The minimum absolute atomic E-state index is 0.0521. The minimum Gasteiger partial charge on any atom is -0.393 e. The molecule has 0 aromatic rings. The fourth-order valence-corrected chi connectivity index (χ4v) is 2.58. The average Bonchev–Trinajstić information content (AvgIpc) is 2.52. The number of aliphatic hydroxyl groups is 1. The van der Waals surface area contributed by atoms with E-state index in [9.17, 15) is 5.11 Å². The standard InChI is InChI=1S/C13H26O/c1-11(2)7-6-8-12(14)13(3)9-4-5-10-13/h11-12,14H,4-10H2,1-3H3. The minimum atomic E-state index is -0.0521. The largest absolute Gasteiger partial charge is 0.393 e. The Bertz CT molecular complexity index is 157. The third-order valence-electron chi connectivity index (χ3n) is 3.81. The van der Waals surface area contributed by atoms with E-state index < -0.39 is 0 Å². The second-order valence-corrected chi connectivity index (χ2v) is 5.70. The Hall–Kier alpha value is -0.0400. The molecule has 1 aliphatic rings. The first kappa shape index (κ1) is 12.0. The number of aliphatic hydroxyl groups excluding tert-OH is 1. The van der Waals surface area contributed by atoms with E-state index in [1.807, 2.05) is 0 Å². The van der Waals surface area contributed by atoms with Crippen molar-refractivity contribution in [1.29, 1.82) is 0 Å². The predicted molar refractivity (Wildman–Crippen MR) is 61.3 cm³/mol. The molecule has 0 bridgehead atoms. The average molecular weight is 198 g/mol. The second kappa shape index (κ2) is 5.16. The van der Waals surface area contributed by atoms with E-state index in [1.54, 1.807) is 0 Å². The smallest absolute Gasteiger partial charge is 0.0593 e. The van der Waals surface area contributed by atoms with Crippen LogP contribution in [0.1, 0.15) is 65.7 Å². The summed E-state index contributed by atoms with van der Waals surface area (Å²) in [4.78, 5) is 0. The van der Waals surface area contributed by atoms with Crippen molar-refractivity contribution in [2.24, 2.45) is 11.3 Å². The van der Waals surface area contributed by atoms with Crippen molar-refractivity contribution in [2.45, 2.75) is 71.8 Å². The first-order chi connectivity index (χ1) is 6.54. The molecule has 0 aromatic heterocycles.